The SMILES string of the molecule is CCN1C(=O)/C(=c2\sc3nc([C@@H]4[C@@H](C=C(Cl)Cl)C4(C)C)nn3c2=O)c2ccccc21. The first-order valence-electron chi connectivity index (χ1n) is 9.63. The first kappa shape index (κ1) is 19.7. The molecule has 2 atom stereocenters. The van der Waals surface area contributed by atoms with E-state index < -0.39 is 0 Å². The number of aromatic nitrogens is 3. The van der Waals surface area contributed by atoms with Crippen molar-refractivity contribution in [2.45, 2.75) is 26.7 Å². The van der Waals surface area contributed by atoms with Crippen LogP contribution in [-0.2, 0) is 4.79 Å². The van der Waals surface area contributed by atoms with Gasteiger partial charge in [0.25, 0.3) is 11.5 Å². The molecule has 154 valence electrons. The third-order valence-electron chi connectivity index (χ3n) is 6.13. The highest BCUT2D eigenvalue weighted by atomic mass is 35.5. The van der Waals surface area contributed by atoms with E-state index in [2.05, 4.69) is 23.9 Å². The first-order chi connectivity index (χ1) is 14.3. The summed E-state index contributed by atoms with van der Waals surface area (Å²) in [6.45, 7) is 6.64. The molecule has 1 saturated carbocycles. The maximum Gasteiger partial charge on any atom is 0.291 e. The van der Waals surface area contributed by atoms with E-state index >= 15 is 0 Å². The lowest BCUT2D eigenvalue weighted by Crippen LogP contribution is -2.32. The highest BCUT2D eigenvalue weighted by molar-refractivity contribution is 7.15. The third-order valence-corrected chi connectivity index (χ3v) is 7.42. The predicted molar refractivity (Wildman–Crippen MR) is 119 cm³/mol. The fraction of sp³-hybridized carbons (Fsp3) is 0.333. The minimum atomic E-state index is -0.314. The number of carbonyl (C=O) groups is 1. The molecule has 1 aliphatic heterocycles. The predicted octanol–water partition coefficient (Wildman–Crippen LogP) is 3.49. The molecule has 0 N–H and O–H groups in total. The average Bonchev–Trinajstić information content (AvgIpc) is 3.03. The van der Waals surface area contributed by atoms with E-state index in [-0.39, 0.29) is 33.2 Å². The number of anilines is 1. The van der Waals surface area contributed by atoms with Crippen molar-refractivity contribution in [3.05, 3.63) is 61.1 Å². The summed E-state index contributed by atoms with van der Waals surface area (Å²) >= 11 is 12.9. The second-order valence-corrected chi connectivity index (χ2v) is 10.1. The van der Waals surface area contributed by atoms with Crippen molar-refractivity contribution in [2.24, 2.45) is 11.3 Å². The lowest BCUT2D eigenvalue weighted by Gasteiger charge is -2.13. The Kier molecular flexibility index (Phi) is 4.36. The van der Waals surface area contributed by atoms with Crippen LogP contribution in [0, 0.1) is 11.3 Å². The molecule has 3 aromatic rings. The molecule has 6 nitrogen and oxygen atoms in total. The monoisotopic (exact) mass is 460 g/mol. The Hall–Kier alpha value is -2.22. The molecule has 1 amide bonds. The van der Waals surface area contributed by atoms with E-state index in [1.807, 2.05) is 31.2 Å². The Balaban J connectivity index is 1.65. The van der Waals surface area contributed by atoms with Gasteiger partial charge in [-0.3, -0.25) is 9.59 Å². The van der Waals surface area contributed by atoms with Crippen LogP contribution in [0.2, 0.25) is 0 Å². The Morgan fingerprint density at radius 3 is 2.67 bits per heavy atom. The molecule has 1 aliphatic carbocycles. The van der Waals surface area contributed by atoms with E-state index in [1.165, 1.54) is 15.9 Å². The number of rotatable bonds is 3. The summed E-state index contributed by atoms with van der Waals surface area (Å²) < 4.78 is 1.91. The topological polar surface area (TPSA) is 67.6 Å². The van der Waals surface area contributed by atoms with Crippen LogP contribution in [0.5, 0.6) is 0 Å². The van der Waals surface area contributed by atoms with Gasteiger partial charge in [0.05, 0.1) is 11.3 Å². The van der Waals surface area contributed by atoms with Gasteiger partial charge in [-0.05, 0) is 30.4 Å². The average molecular weight is 461 g/mol. The number of fused-ring (bicyclic) bond motifs is 2. The van der Waals surface area contributed by atoms with Crippen molar-refractivity contribution in [1.29, 1.82) is 0 Å². The van der Waals surface area contributed by atoms with E-state index in [4.69, 9.17) is 23.2 Å². The van der Waals surface area contributed by atoms with Gasteiger partial charge < -0.3 is 4.90 Å². The molecule has 0 bridgehead atoms. The zero-order valence-corrected chi connectivity index (χ0v) is 18.8. The number of nitrogens with zero attached hydrogens (tertiary/aromatic N) is 4. The maximum absolute atomic E-state index is 13.2. The number of allylic oxidation sites excluding steroid dienone is 1. The van der Waals surface area contributed by atoms with Crippen molar-refractivity contribution in [3.63, 3.8) is 0 Å². The summed E-state index contributed by atoms with van der Waals surface area (Å²) in [5, 5.41) is 4.49. The number of likely N-dealkylation sites (N-methyl/N-ethyl adjacent to an activating group) is 1. The molecule has 2 aromatic heterocycles. The minimum absolute atomic E-state index is 0.0389. The zero-order chi connectivity index (χ0) is 21.4. The van der Waals surface area contributed by atoms with Crippen LogP contribution >= 0.6 is 34.5 Å². The number of para-hydroxylation sites is 1. The van der Waals surface area contributed by atoms with Crippen molar-refractivity contribution in [1.82, 2.24) is 14.6 Å². The largest absolute Gasteiger partial charge is 0.308 e. The Bertz CT molecular complexity index is 1350. The minimum Gasteiger partial charge on any atom is -0.308 e. The Morgan fingerprint density at radius 2 is 2.00 bits per heavy atom. The van der Waals surface area contributed by atoms with Crippen molar-refractivity contribution in [3.8, 4) is 0 Å². The fourth-order valence-corrected chi connectivity index (χ4v) is 5.74. The van der Waals surface area contributed by atoms with Crippen molar-refractivity contribution < 1.29 is 4.79 Å². The molecule has 2 aliphatic rings. The smallest absolute Gasteiger partial charge is 0.291 e. The second kappa shape index (κ2) is 6.64. The molecule has 1 aromatic carbocycles. The molecule has 0 radical (unpaired) electrons. The number of hydrogen-bond donors (Lipinski definition) is 0. The molecule has 3 heterocycles. The number of benzene rings is 1. The van der Waals surface area contributed by atoms with Gasteiger partial charge in [-0.1, -0.05) is 66.6 Å². The summed E-state index contributed by atoms with van der Waals surface area (Å²) in [7, 11) is 0. The summed E-state index contributed by atoms with van der Waals surface area (Å²) in [6.07, 6.45) is 1.80. The lowest BCUT2D eigenvalue weighted by molar-refractivity contribution is -0.113. The van der Waals surface area contributed by atoms with Crippen LogP contribution in [0.15, 0.2) is 39.6 Å². The summed E-state index contributed by atoms with van der Waals surface area (Å²) in [5.41, 5.74) is 1.63. The van der Waals surface area contributed by atoms with Gasteiger partial charge in [-0.2, -0.15) is 4.52 Å². The summed E-state index contributed by atoms with van der Waals surface area (Å²) in [4.78, 5) is 33.0. The molecule has 0 saturated heterocycles. The number of thiazole rings is 1. The molecule has 0 spiro atoms. The fourth-order valence-electron chi connectivity index (χ4n) is 4.46. The van der Waals surface area contributed by atoms with E-state index in [1.54, 1.807) is 11.0 Å². The van der Waals surface area contributed by atoms with Crippen LogP contribution in [0.1, 0.15) is 38.1 Å². The molecular formula is C21H18Cl2N4O2S. The highest BCUT2D eigenvalue weighted by Crippen LogP contribution is 2.64. The Morgan fingerprint density at radius 1 is 1.27 bits per heavy atom. The van der Waals surface area contributed by atoms with Crippen LogP contribution in [-0.4, -0.2) is 27.0 Å². The standard InChI is InChI=1S/C21H18Cl2N4O2S/c1-4-26-12-8-6-5-7-10(12)14(18(26)28)16-19(29)27-20(30-16)24-17(25-27)15-11(9-13(22)23)21(15,2)3/h5-9,11,15H,4H2,1-3H3/b16-14-/t11-,15+/m1/s1. The highest BCUT2D eigenvalue weighted by Gasteiger charge is 2.59. The normalized spacial score (nSPS) is 23.8. The first-order valence-corrected chi connectivity index (χ1v) is 11.2. The second-order valence-electron chi connectivity index (χ2n) is 8.12. The van der Waals surface area contributed by atoms with Gasteiger partial charge in [0, 0.05) is 18.0 Å². The van der Waals surface area contributed by atoms with Gasteiger partial charge in [0.15, 0.2) is 5.82 Å². The molecule has 0 unspecified atom stereocenters. The molecule has 30 heavy (non-hydrogen) atoms. The molecular weight excluding hydrogens is 443 g/mol. The van der Waals surface area contributed by atoms with Crippen LogP contribution in [0.25, 0.3) is 10.5 Å². The quantitative estimate of drug-likeness (QED) is 0.599. The van der Waals surface area contributed by atoms with E-state index in [0.29, 0.717) is 27.4 Å². The summed E-state index contributed by atoms with van der Waals surface area (Å²) in [6, 6.07) is 7.53. The van der Waals surface area contributed by atoms with Gasteiger partial charge in [-0.25, -0.2) is 4.98 Å². The van der Waals surface area contributed by atoms with Gasteiger partial charge in [0.2, 0.25) is 4.96 Å². The number of amides is 1. The van der Waals surface area contributed by atoms with Crippen LogP contribution in [0.4, 0.5) is 5.69 Å². The maximum atomic E-state index is 13.2. The summed E-state index contributed by atoms with van der Waals surface area (Å²) in [5.74, 6) is 0.594. The van der Waals surface area contributed by atoms with Gasteiger partial charge in [-0.15, -0.1) is 5.10 Å². The van der Waals surface area contributed by atoms with Crippen molar-refractivity contribution >= 4 is 56.7 Å². The molecule has 1 fully saturated rings. The van der Waals surface area contributed by atoms with E-state index in [9.17, 15) is 9.59 Å². The number of halogens is 2. The lowest BCUT2D eigenvalue weighted by atomic mass is 10.1. The zero-order valence-electron chi connectivity index (χ0n) is 16.5. The van der Waals surface area contributed by atoms with E-state index in [0.717, 1.165) is 11.3 Å². The molecule has 9 heteroatoms. The number of carbonyl (C=O) groups excluding carboxylic acids is 1. The number of hydrogen-bond acceptors (Lipinski definition) is 5. The van der Waals surface area contributed by atoms with Crippen molar-refractivity contribution in [2.75, 3.05) is 11.4 Å². The molecule has 5 rings (SSSR count). The van der Waals surface area contributed by atoms with Gasteiger partial charge >= 0.3 is 0 Å². The van der Waals surface area contributed by atoms with Gasteiger partial charge in [0.1, 0.15) is 9.02 Å². The third kappa shape index (κ3) is 2.69. The van der Waals surface area contributed by atoms with Crippen LogP contribution < -0.4 is 15.0 Å². The Labute approximate surface area is 186 Å². The van der Waals surface area contributed by atoms with Crippen LogP contribution in [0.3, 0.4) is 0 Å².